The molecule has 2 atom stereocenters. The number of aromatic nitrogens is 1. The first kappa shape index (κ1) is 13.7. The fourth-order valence-corrected chi connectivity index (χ4v) is 3.79. The molecule has 0 radical (unpaired) electrons. The van der Waals surface area contributed by atoms with E-state index in [0.29, 0.717) is 0 Å². The van der Waals surface area contributed by atoms with Crippen LogP contribution in [0.5, 0.6) is 0 Å². The summed E-state index contributed by atoms with van der Waals surface area (Å²) in [5.74, 6) is 1.78. The smallest absolute Gasteiger partial charge is 0.0483 e. The molecule has 1 saturated carbocycles. The minimum Gasteiger partial charge on any atom is -0.346 e. The highest BCUT2D eigenvalue weighted by atomic mass is 15.0. The Labute approximate surface area is 122 Å². The largest absolute Gasteiger partial charge is 0.346 e. The fraction of sp³-hybridized carbons (Fsp3) is 0.556. The van der Waals surface area contributed by atoms with Gasteiger partial charge in [-0.1, -0.05) is 38.0 Å². The van der Waals surface area contributed by atoms with Crippen LogP contribution < -0.4 is 5.32 Å². The van der Waals surface area contributed by atoms with E-state index >= 15 is 0 Å². The van der Waals surface area contributed by atoms with Gasteiger partial charge in [-0.25, -0.2) is 0 Å². The van der Waals surface area contributed by atoms with Crippen LogP contribution in [0.3, 0.4) is 0 Å². The van der Waals surface area contributed by atoms with Gasteiger partial charge in [-0.05, 0) is 43.4 Å². The third kappa shape index (κ3) is 2.37. The molecule has 1 aromatic heterocycles. The van der Waals surface area contributed by atoms with Gasteiger partial charge in [0, 0.05) is 30.2 Å². The number of benzene rings is 1. The fourth-order valence-electron chi connectivity index (χ4n) is 3.79. The normalized spacial score (nSPS) is 22.8. The van der Waals surface area contributed by atoms with Crippen molar-refractivity contribution in [3.63, 3.8) is 0 Å². The van der Waals surface area contributed by atoms with E-state index in [1.54, 1.807) is 0 Å². The summed E-state index contributed by atoms with van der Waals surface area (Å²) in [6.07, 6.45) is 4.24. The van der Waals surface area contributed by atoms with Crippen molar-refractivity contribution >= 4 is 10.9 Å². The van der Waals surface area contributed by atoms with E-state index < -0.39 is 0 Å². The van der Waals surface area contributed by atoms with Crippen LogP contribution in [-0.4, -0.2) is 11.1 Å². The molecule has 2 heteroatoms. The van der Waals surface area contributed by atoms with Gasteiger partial charge in [-0.15, -0.1) is 0 Å². The third-order valence-electron chi connectivity index (χ3n) is 5.25. The van der Waals surface area contributed by atoms with Crippen LogP contribution in [0.25, 0.3) is 10.9 Å². The van der Waals surface area contributed by atoms with Gasteiger partial charge in [0.15, 0.2) is 0 Å². The molecular formula is C18H26N2. The first-order valence-corrected chi connectivity index (χ1v) is 7.92. The molecule has 1 aliphatic carbocycles. The van der Waals surface area contributed by atoms with Crippen molar-refractivity contribution in [3.05, 3.63) is 35.5 Å². The maximum Gasteiger partial charge on any atom is 0.0483 e. The molecule has 20 heavy (non-hydrogen) atoms. The van der Waals surface area contributed by atoms with Crippen LogP contribution in [0, 0.1) is 18.8 Å². The molecule has 0 aliphatic heterocycles. The zero-order valence-electron chi connectivity index (χ0n) is 12.9. The molecule has 0 spiro atoms. The Balaban J connectivity index is 1.71. The number of aryl methyl sites for hydroxylation is 2. The Morgan fingerprint density at radius 2 is 2.05 bits per heavy atom. The molecule has 1 fully saturated rings. The summed E-state index contributed by atoms with van der Waals surface area (Å²) in [5, 5.41) is 5.09. The minimum absolute atomic E-state index is 0.880. The Morgan fingerprint density at radius 3 is 2.75 bits per heavy atom. The number of para-hydroxylation sites is 1. The zero-order chi connectivity index (χ0) is 14.1. The molecule has 0 saturated heterocycles. The highest BCUT2D eigenvalue weighted by molar-refractivity contribution is 5.85. The summed E-state index contributed by atoms with van der Waals surface area (Å²) < 4.78 is 2.34. The highest BCUT2D eigenvalue weighted by Gasteiger charge is 2.22. The number of nitrogens with one attached hydrogen (secondary N) is 1. The lowest BCUT2D eigenvalue weighted by atomic mass is 9.98. The van der Waals surface area contributed by atoms with Crippen molar-refractivity contribution in [2.75, 3.05) is 6.54 Å². The van der Waals surface area contributed by atoms with E-state index in [-0.39, 0.29) is 0 Å². The number of hydrogen-bond acceptors (Lipinski definition) is 1. The van der Waals surface area contributed by atoms with Crippen molar-refractivity contribution in [1.29, 1.82) is 0 Å². The summed E-state index contributed by atoms with van der Waals surface area (Å²) in [6, 6.07) is 8.70. The number of hydrogen-bond donors (Lipinski definition) is 1. The Hall–Kier alpha value is -1.28. The second-order valence-electron chi connectivity index (χ2n) is 6.45. The monoisotopic (exact) mass is 270 g/mol. The summed E-state index contributed by atoms with van der Waals surface area (Å²) in [4.78, 5) is 0. The van der Waals surface area contributed by atoms with Gasteiger partial charge in [0.25, 0.3) is 0 Å². The van der Waals surface area contributed by atoms with Crippen molar-refractivity contribution in [2.45, 2.75) is 39.7 Å². The Morgan fingerprint density at radius 1 is 1.25 bits per heavy atom. The molecule has 2 unspecified atom stereocenters. The van der Waals surface area contributed by atoms with Crippen LogP contribution in [-0.2, 0) is 13.6 Å². The number of rotatable bonds is 4. The van der Waals surface area contributed by atoms with Crippen molar-refractivity contribution in [1.82, 2.24) is 9.88 Å². The molecule has 1 N–H and O–H groups in total. The quantitative estimate of drug-likeness (QED) is 0.888. The topological polar surface area (TPSA) is 17.0 Å². The summed E-state index contributed by atoms with van der Waals surface area (Å²) >= 11 is 0. The molecule has 0 amide bonds. The molecule has 1 heterocycles. The van der Waals surface area contributed by atoms with Crippen LogP contribution in [0.15, 0.2) is 24.3 Å². The van der Waals surface area contributed by atoms with Crippen LogP contribution >= 0.6 is 0 Å². The van der Waals surface area contributed by atoms with Crippen molar-refractivity contribution in [3.8, 4) is 0 Å². The molecule has 108 valence electrons. The molecule has 3 rings (SSSR count). The standard InChI is InChI=1S/C18H26N2/c1-13-7-6-8-15(13)11-19-12-18-14(2)16-9-4-5-10-17(16)20(18)3/h4-5,9-10,13,15,19H,6-8,11-12H2,1-3H3. The average molecular weight is 270 g/mol. The van der Waals surface area contributed by atoms with E-state index in [9.17, 15) is 0 Å². The van der Waals surface area contributed by atoms with Gasteiger partial charge in [-0.2, -0.15) is 0 Å². The van der Waals surface area contributed by atoms with Gasteiger partial charge >= 0.3 is 0 Å². The predicted molar refractivity (Wildman–Crippen MR) is 85.9 cm³/mol. The van der Waals surface area contributed by atoms with E-state index in [1.807, 2.05) is 0 Å². The first-order valence-electron chi connectivity index (χ1n) is 7.92. The molecular weight excluding hydrogens is 244 g/mol. The van der Waals surface area contributed by atoms with Crippen LogP contribution in [0.1, 0.15) is 37.4 Å². The van der Waals surface area contributed by atoms with E-state index in [0.717, 1.165) is 18.4 Å². The predicted octanol–water partition coefficient (Wildman–Crippen LogP) is 4.01. The maximum absolute atomic E-state index is 3.70. The summed E-state index contributed by atoms with van der Waals surface area (Å²) in [7, 11) is 2.19. The van der Waals surface area contributed by atoms with Gasteiger partial charge in [-0.3, -0.25) is 0 Å². The van der Waals surface area contributed by atoms with Gasteiger partial charge in [0.2, 0.25) is 0 Å². The Bertz CT molecular complexity index is 558. The third-order valence-corrected chi connectivity index (χ3v) is 5.25. The molecule has 1 aromatic carbocycles. The second-order valence-corrected chi connectivity index (χ2v) is 6.45. The van der Waals surface area contributed by atoms with Crippen LogP contribution in [0.4, 0.5) is 0 Å². The minimum atomic E-state index is 0.880. The second kappa shape index (κ2) is 5.61. The molecule has 2 aromatic rings. The van der Waals surface area contributed by atoms with Crippen molar-refractivity contribution < 1.29 is 0 Å². The first-order chi connectivity index (χ1) is 9.68. The lowest BCUT2D eigenvalue weighted by Crippen LogP contribution is -2.25. The molecule has 1 aliphatic rings. The highest BCUT2D eigenvalue weighted by Crippen LogP contribution is 2.30. The SMILES string of the molecule is Cc1c(CNCC2CCCC2C)n(C)c2ccccc12. The summed E-state index contributed by atoms with van der Waals surface area (Å²) in [5.41, 5.74) is 4.20. The van der Waals surface area contributed by atoms with Gasteiger partial charge < -0.3 is 9.88 Å². The Kier molecular flexibility index (Phi) is 3.84. The van der Waals surface area contributed by atoms with Gasteiger partial charge in [0.1, 0.15) is 0 Å². The van der Waals surface area contributed by atoms with E-state index in [1.165, 1.54) is 48.0 Å². The lowest BCUT2D eigenvalue weighted by molar-refractivity contribution is 0.390. The maximum atomic E-state index is 3.70. The number of fused-ring (bicyclic) bond motifs is 1. The van der Waals surface area contributed by atoms with E-state index in [4.69, 9.17) is 0 Å². The average Bonchev–Trinajstić information content (AvgIpc) is 2.97. The van der Waals surface area contributed by atoms with Crippen LogP contribution in [0.2, 0.25) is 0 Å². The lowest BCUT2D eigenvalue weighted by Gasteiger charge is -2.16. The van der Waals surface area contributed by atoms with Gasteiger partial charge in [0.05, 0.1) is 0 Å². The molecule has 2 nitrogen and oxygen atoms in total. The summed E-state index contributed by atoms with van der Waals surface area (Å²) in [6.45, 7) is 6.81. The zero-order valence-corrected chi connectivity index (χ0v) is 12.9. The van der Waals surface area contributed by atoms with Crippen molar-refractivity contribution in [2.24, 2.45) is 18.9 Å². The number of nitrogens with zero attached hydrogens (tertiary/aromatic N) is 1. The molecule has 0 bridgehead atoms. The van der Waals surface area contributed by atoms with E-state index in [2.05, 4.69) is 55.0 Å².